The molecule has 3 N–H and O–H groups in total. The summed E-state index contributed by atoms with van der Waals surface area (Å²) in [7, 11) is 0. The van der Waals surface area contributed by atoms with Crippen molar-refractivity contribution in [1.29, 1.82) is 0 Å². The number of nitrogens with two attached hydrogens (primary N) is 1. The zero-order valence-electron chi connectivity index (χ0n) is 17.6. The molecule has 0 bridgehead atoms. The SMILES string of the molecule is NC(=O)c1cc(=NC(=O)c2c(C(F)(F)F)c(C3CC3)nn2CC23CC2CC(F)(F)C3)ccn1O. The fourth-order valence-corrected chi connectivity index (χ4v) is 5.07. The molecule has 182 valence electrons. The van der Waals surface area contributed by atoms with Gasteiger partial charge in [0.2, 0.25) is 5.92 Å². The van der Waals surface area contributed by atoms with Crippen LogP contribution in [0.25, 0.3) is 0 Å². The van der Waals surface area contributed by atoms with Crippen molar-refractivity contribution in [3.63, 3.8) is 0 Å². The lowest BCUT2D eigenvalue weighted by Crippen LogP contribution is -2.24. The number of nitrogens with zero attached hydrogens (tertiary/aromatic N) is 4. The molecule has 13 heteroatoms. The summed E-state index contributed by atoms with van der Waals surface area (Å²) in [5.41, 5.74) is 1.50. The summed E-state index contributed by atoms with van der Waals surface area (Å²) in [5, 5.41) is 13.5. The van der Waals surface area contributed by atoms with Gasteiger partial charge in [0.15, 0.2) is 0 Å². The van der Waals surface area contributed by atoms with E-state index in [2.05, 4.69) is 10.1 Å². The van der Waals surface area contributed by atoms with Gasteiger partial charge in [-0.2, -0.15) is 23.0 Å². The first kappa shape index (κ1) is 22.5. The number of hydrogen-bond acceptors (Lipinski definition) is 4. The van der Waals surface area contributed by atoms with Gasteiger partial charge in [0, 0.05) is 31.5 Å². The number of aromatic nitrogens is 3. The Bertz CT molecular complexity index is 1280. The molecule has 2 amide bonds. The van der Waals surface area contributed by atoms with Gasteiger partial charge in [-0.1, -0.05) is 0 Å². The van der Waals surface area contributed by atoms with Crippen LogP contribution in [0, 0.1) is 11.3 Å². The molecule has 3 aliphatic rings. The third-order valence-electron chi connectivity index (χ3n) is 6.81. The molecule has 0 radical (unpaired) electrons. The largest absolute Gasteiger partial charge is 0.428 e. The highest BCUT2D eigenvalue weighted by atomic mass is 19.4. The van der Waals surface area contributed by atoms with Gasteiger partial charge in [0.05, 0.1) is 11.1 Å². The van der Waals surface area contributed by atoms with Crippen molar-refractivity contribution in [3.05, 3.63) is 46.3 Å². The average molecular weight is 485 g/mol. The first-order valence-electron chi connectivity index (χ1n) is 10.7. The Kier molecular flexibility index (Phi) is 4.72. The second-order valence-electron chi connectivity index (χ2n) is 9.43. The Morgan fingerprint density at radius 1 is 1.26 bits per heavy atom. The fraction of sp³-hybridized carbons (Fsp3) is 0.524. The van der Waals surface area contributed by atoms with Gasteiger partial charge in [-0.15, -0.1) is 0 Å². The molecule has 0 spiro atoms. The minimum Gasteiger partial charge on any atom is -0.428 e. The normalized spacial score (nSPS) is 25.9. The maximum atomic E-state index is 14.1. The second-order valence-corrected chi connectivity index (χ2v) is 9.43. The van der Waals surface area contributed by atoms with Crippen molar-refractivity contribution in [1.82, 2.24) is 14.5 Å². The number of fused-ring (bicyclic) bond motifs is 1. The first-order chi connectivity index (χ1) is 15.8. The summed E-state index contributed by atoms with van der Waals surface area (Å²) >= 11 is 0. The third kappa shape index (κ3) is 3.86. The predicted molar refractivity (Wildman–Crippen MR) is 104 cm³/mol. The second kappa shape index (κ2) is 7.12. The zero-order chi connectivity index (χ0) is 24.6. The summed E-state index contributed by atoms with van der Waals surface area (Å²) in [6.07, 6.45) is -3.36. The maximum Gasteiger partial charge on any atom is 0.420 e. The van der Waals surface area contributed by atoms with E-state index in [-0.39, 0.29) is 29.9 Å². The molecule has 0 aliphatic heterocycles. The Hall–Kier alpha value is -3.25. The number of alkyl halides is 5. The van der Waals surface area contributed by atoms with Gasteiger partial charge in [-0.3, -0.25) is 14.3 Å². The molecule has 3 fully saturated rings. The van der Waals surface area contributed by atoms with Gasteiger partial charge < -0.3 is 10.9 Å². The molecule has 2 unspecified atom stereocenters. The maximum absolute atomic E-state index is 14.1. The standard InChI is InChI=1S/C21H20F5N5O3/c22-20(23)7-11-6-19(11,8-20)9-30-16(14(21(24,25)26)15(29-30)10-1-2-10)18(33)28-12-3-4-31(34)13(5-12)17(27)32/h3-5,10-11,34H,1-2,6-9H2,(H2,27,32). The van der Waals surface area contributed by atoms with E-state index < -0.39 is 58.6 Å². The van der Waals surface area contributed by atoms with Crippen molar-refractivity contribution in [2.24, 2.45) is 22.1 Å². The van der Waals surface area contributed by atoms with E-state index >= 15 is 0 Å². The molecular weight excluding hydrogens is 465 g/mol. The number of carbonyl (C=O) groups is 2. The Morgan fingerprint density at radius 2 is 1.97 bits per heavy atom. The van der Waals surface area contributed by atoms with Crippen LogP contribution >= 0.6 is 0 Å². The Morgan fingerprint density at radius 3 is 2.53 bits per heavy atom. The van der Waals surface area contributed by atoms with Crippen LogP contribution in [0.5, 0.6) is 0 Å². The molecule has 8 nitrogen and oxygen atoms in total. The van der Waals surface area contributed by atoms with Crippen LogP contribution in [0.2, 0.25) is 0 Å². The number of pyridine rings is 1. The predicted octanol–water partition coefficient (Wildman–Crippen LogP) is 3.09. The number of primary amides is 1. The number of halogens is 5. The summed E-state index contributed by atoms with van der Waals surface area (Å²) in [5.74, 6) is -6.03. The van der Waals surface area contributed by atoms with Gasteiger partial charge >= 0.3 is 6.18 Å². The molecule has 2 heterocycles. The van der Waals surface area contributed by atoms with Crippen molar-refractivity contribution >= 4 is 11.8 Å². The Balaban J connectivity index is 1.61. The molecule has 3 saturated carbocycles. The molecule has 0 saturated heterocycles. The minimum absolute atomic E-state index is 0.215. The summed E-state index contributed by atoms with van der Waals surface area (Å²) in [4.78, 5) is 28.2. The summed E-state index contributed by atoms with van der Waals surface area (Å²) in [6.45, 7) is -0.238. The van der Waals surface area contributed by atoms with Crippen LogP contribution in [0.1, 0.15) is 70.3 Å². The number of rotatable bonds is 5. The molecule has 5 rings (SSSR count). The summed E-state index contributed by atoms with van der Waals surface area (Å²) in [6, 6.07) is 2.05. The lowest BCUT2D eigenvalue weighted by Gasteiger charge is -2.17. The van der Waals surface area contributed by atoms with Crippen LogP contribution in [0.4, 0.5) is 22.0 Å². The van der Waals surface area contributed by atoms with E-state index in [1.54, 1.807) is 0 Å². The number of amides is 2. The average Bonchev–Trinajstić information content (AvgIpc) is 3.59. The van der Waals surface area contributed by atoms with Crippen molar-refractivity contribution in [2.45, 2.75) is 56.7 Å². The van der Waals surface area contributed by atoms with Crippen molar-refractivity contribution < 1.29 is 36.7 Å². The molecule has 2 aromatic heterocycles. The highest BCUT2D eigenvalue weighted by molar-refractivity contribution is 5.95. The molecule has 34 heavy (non-hydrogen) atoms. The molecule has 2 aromatic rings. The molecule has 2 atom stereocenters. The zero-order valence-corrected chi connectivity index (χ0v) is 17.6. The van der Waals surface area contributed by atoms with E-state index in [1.165, 1.54) is 0 Å². The van der Waals surface area contributed by atoms with Gasteiger partial charge in [0.1, 0.15) is 17.0 Å². The highest BCUT2D eigenvalue weighted by Gasteiger charge is 2.67. The van der Waals surface area contributed by atoms with E-state index in [9.17, 15) is 36.7 Å². The lowest BCUT2D eigenvalue weighted by molar-refractivity contribution is -0.138. The van der Waals surface area contributed by atoms with Gasteiger partial charge in [0.25, 0.3) is 11.8 Å². The summed E-state index contributed by atoms with van der Waals surface area (Å²) < 4.78 is 71.4. The van der Waals surface area contributed by atoms with Crippen molar-refractivity contribution in [3.8, 4) is 0 Å². The van der Waals surface area contributed by atoms with E-state index in [1.807, 2.05) is 0 Å². The fourth-order valence-electron chi connectivity index (χ4n) is 5.07. The van der Waals surface area contributed by atoms with Crippen molar-refractivity contribution in [2.75, 3.05) is 0 Å². The van der Waals surface area contributed by atoms with E-state index in [0.29, 0.717) is 24.0 Å². The van der Waals surface area contributed by atoms with Crippen LogP contribution < -0.4 is 11.1 Å². The van der Waals surface area contributed by atoms with Crippen LogP contribution in [0.15, 0.2) is 23.3 Å². The molecular formula is C21H20F5N5O3. The lowest BCUT2D eigenvalue weighted by atomic mass is 10.0. The van der Waals surface area contributed by atoms with Crippen LogP contribution in [-0.2, 0) is 12.7 Å². The van der Waals surface area contributed by atoms with Gasteiger partial charge in [-0.25, -0.2) is 13.8 Å². The van der Waals surface area contributed by atoms with Gasteiger partial charge in [-0.05, 0) is 42.7 Å². The van der Waals surface area contributed by atoms with Crippen LogP contribution in [-0.4, -0.2) is 37.5 Å². The van der Waals surface area contributed by atoms with E-state index in [0.717, 1.165) is 23.0 Å². The topological polar surface area (TPSA) is 116 Å². The third-order valence-corrected chi connectivity index (χ3v) is 6.81. The quantitative estimate of drug-likeness (QED) is 0.500. The minimum atomic E-state index is -4.92. The molecule has 3 aliphatic carbocycles. The number of carbonyl (C=O) groups excluding carboxylic acids is 2. The van der Waals surface area contributed by atoms with Crippen LogP contribution in [0.3, 0.4) is 0 Å². The number of hydrogen-bond donors (Lipinski definition) is 2. The first-order valence-corrected chi connectivity index (χ1v) is 10.7. The monoisotopic (exact) mass is 485 g/mol. The molecule has 0 aromatic carbocycles. The highest BCUT2D eigenvalue weighted by Crippen LogP contribution is 2.68. The smallest absolute Gasteiger partial charge is 0.420 e. The van der Waals surface area contributed by atoms with E-state index in [4.69, 9.17) is 5.73 Å². The Labute approximate surface area is 188 Å².